The van der Waals surface area contributed by atoms with Crippen molar-refractivity contribution >= 4 is 5.69 Å². The molecule has 1 aromatic carbocycles. The summed E-state index contributed by atoms with van der Waals surface area (Å²) in [6.45, 7) is -1.01. The molecule has 1 aromatic rings. The van der Waals surface area contributed by atoms with Crippen molar-refractivity contribution in [2.24, 2.45) is 0 Å². The maximum atomic E-state index is 12.5. The second-order valence-corrected chi connectivity index (χ2v) is 3.01. The summed E-state index contributed by atoms with van der Waals surface area (Å²) in [5.41, 5.74) is -3.75. The molecule has 90 valence electrons. The van der Waals surface area contributed by atoms with E-state index in [0.717, 1.165) is 6.07 Å². The third-order valence-corrected chi connectivity index (χ3v) is 2.05. The molecule has 0 fully saturated rings. The van der Waals surface area contributed by atoms with Crippen LogP contribution < -0.4 is 0 Å². The van der Waals surface area contributed by atoms with Gasteiger partial charge in [-0.05, 0) is 12.1 Å². The van der Waals surface area contributed by atoms with Crippen molar-refractivity contribution in [3.05, 3.63) is 38.9 Å². The number of aliphatic hydroxyl groups excluding tert-OH is 1. The van der Waals surface area contributed by atoms with E-state index in [1.54, 1.807) is 0 Å². The standard InChI is InChI=1S/C9H5F3N2O3/c10-9(11,12)7-2-1-5(3-13)6(4-15)8(7)14(16)17/h1-2,15H,4H2. The molecule has 0 aliphatic carbocycles. The lowest BCUT2D eigenvalue weighted by molar-refractivity contribution is -0.389. The number of aliphatic hydroxyl groups is 1. The molecule has 0 radical (unpaired) electrons. The molecule has 17 heavy (non-hydrogen) atoms. The number of nitriles is 1. The summed E-state index contributed by atoms with van der Waals surface area (Å²) >= 11 is 0. The van der Waals surface area contributed by atoms with Crippen molar-refractivity contribution in [3.8, 4) is 6.07 Å². The fourth-order valence-corrected chi connectivity index (χ4v) is 1.34. The van der Waals surface area contributed by atoms with Gasteiger partial charge in [-0.15, -0.1) is 0 Å². The molecule has 1 rings (SSSR count). The van der Waals surface area contributed by atoms with Gasteiger partial charge in [0.05, 0.1) is 28.7 Å². The van der Waals surface area contributed by atoms with Gasteiger partial charge in [0.2, 0.25) is 0 Å². The van der Waals surface area contributed by atoms with E-state index in [-0.39, 0.29) is 5.56 Å². The Morgan fingerprint density at radius 1 is 1.47 bits per heavy atom. The summed E-state index contributed by atoms with van der Waals surface area (Å²) in [5, 5.41) is 28.0. The zero-order chi connectivity index (χ0) is 13.2. The molecule has 0 aromatic heterocycles. The topological polar surface area (TPSA) is 87.2 Å². The van der Waals surface area contributed by atoms with Crippen LogP contribution in [0.3, 0.4) is 0 Å². The van der Waals surface area contributed by atoms with Crippen molar-refractivity contribution in [1.29, 1.82) is 5.26 Å². The zero-order valence-corrected chi connectivity index (χ0v) is 8.15. The van der Waals surface area contributed by atoms with Crippen LogP contribution in [0.5, 0.6) is 0 Å². The molecule has 0 saturated carbocycles. The van der Waals surface area contributed by atoms with Crippen LogP contribution in [0.15, 0.2) is 12.1 Å². The van der Waals surface area contributed by atoms with Crippen LogP contribution in [0.25, 0.3) is 0 Å². The SMILES string of the molecule is N#Cc1ccc(C(F)(F)F)c([N+](=O)[O-])c1CO. The maximum absolute atomic E-state index is 12.5. The Hall–Kier alpha value is -2.14. The second-order valence-electron chi connectivity index (χ2n) is 3.01. The first-order valence-electron chi connectivity index (χ1n) is 4.21. The van der Waals surface area contributed by atoms with Gasteiger partial charge < -0.3 is 5.11 Å². The highest BCUT2D eigenvalue weighted by atomic mass is 19.4. The molecule has 0 amide bonds. The van der Waals surface area contributed by atoms with Gasteiger partial charge in [-0.3, -0.25) is 10.1 Å². The molecule has 5 nitrogen and oxygen atoms in total. The van der Waals surface area contributed by atoms with Crippen LogP contribution in [0.2, 0.25) is 0 Å². The van der Waals surface area contributed by atoms with Gasteiger partial charge in [-0.1, -0.05) is 0 Å². The Morgan fingerprint density at radius 2 is 2.06 bits per heavy atom. The van der Waals surface area contributed by atoms with Gasteiger partial charge in [-0.2, -0.15) is 18.4 Å². The summed E-state index contributed by atoms with van der Waals surface area (Å²) < 4.78 is 37.5. The lowest BCUT2D eigenvalue weighted by atomic mass is 10.0. The van der Waals surface area contributed by atoms with E-state index in [4.69, 9.17) is 10.4 Å². The molecule has 0 aliphatic rings. The minimum absolute atomic E-state index is 0.354. The van der Waals surface area contributed by atoms with E-state index >= 15 is 0 Å². The number of halogens is 3. The maximum Gasteiger partial charge on any atom is 0.423 e. The first-order valence-corrected chi connectivity index (χ1v) is 4.21. The lowest BCUT2D eigenvalue weighted by Crippen LogP contribution is -2.12. The van der Waals surface area contributed by atoms with Crippen molar-refractivity contribution < 1.29 is 23.2 Å². The highest BCUT2D eigenvalue weighted by Gasteiger charge is 2.40. The summed E-state index contributed by atoms with van der Waals surface area (Å²) in [6.07, 6.45) is -4.92. The number of nitro benzene ring substituents is 1. The number of nitro groups is 1. The first-order chi connectivity index (χ1) is 7.82. The summed E-state index contributed by atoms with van der Waals surface area (Å²) in [4.78, 5) is 9.35. The van der Waals surface area contributed by atoms with E-state index in [9.17, 15) is 23.3 Å². The van der Waals surface area contributed by atoms with Crippen LogP contribution in [-0.4, -0.2) is 10.0 Å². The second kappa shape index (κ2) is 4.39. The highest BCUT2D eigenvalue weighted by molar-refractivity contribution is 5.56. The molecular formula is C9H5F3N2O3. The van der Waals surface area contributed by atoms with Crippen LogP contribution >= 0.6 is 0 Å². The molecule has 0 bridgehead atoms. The Bertz CT molecular complexity index is 505. The number of benzene rings is 1. The molecule has 0 spiro atoms. The minimum Gasteiger partial charge on any atom is -0.391 e. The highest BCUT2D eigenvalue weighted by Crippen LogP contribution is 2.38. The normalized spacial score (nSPS) is 11.0. The van der Waals surface area contributed by atoms with Gasteiger partial charge >= 0.3 is 6.18 Å². The predicted octanol–water partition coefficient (Wildman–Crippen LogP) is 1.98. The van der Waals surface area contributed by atoms with Gasteiger partial charge in [0.1, 0.15) is 5.56 Å². The lowest BCUT2D eigenvalue weighted by Gasteiger charge is -2.10. The van der Waals surface area contributed by atoms with Crippen LogP contribution in [-0.2, 0) is 12.8 Å². The van der Waals surface area contributed by atoms with Crippen molar-refractivity contribution in [2.75, 3.05) is 0 Å². The average molecular weight is 246 g/mol. The minimum atomic E-state index is -4.92. The third-order valence-electron chi connectivity index (χ3n) is 2.05. The summed E-state index contributed by atoms with van der Waals surface area (Å²) in [7, 11) is 0. The third kappa shape index (κ3) is 2.34. The van der Waals surface area contributed by atoms with Gasteiger partial charge in [0.25, 0.3) is 5.69 Å². The quantitative estimate of drug-likeness (QED) is 0.638. The van der Waals surface area contributed by atoms with E-state index in [1.807, 2.05) is 0 Å². The van der Waals surface area contributed by atoms with Crippen LogP contribution in [0.1, 0.15) is 16.7 Å². The molecule has 0 aliphatic heterocycles. The van der Waals surface area contributed by atoms with Crippen molar-refractivity contribution in [1.82, 2.24) is 0 Å². The molecule has 0 heterocycles. The molecule has 0 atom stereocenters. The largest absolute Gasteiger partial charge is 0.423 e. The Labute approximate surface area is 92.9 Å². The zero-order valence-electron chi connectivity index (χ0n) is 8.15. The number of rotatable bonds is 2. The summed E-state index contributed by atoms with van der Waals surface area (Å²) in [5.74, 6) is 0. The molecule has 0 saturated heterocycles. The van der Waals surface area contributed by atoms with E-state index < -0.39 is 34.5 Å². The fourth-order valence-electron chi connectivity index (χ4n) is 1.34. The Kier molecular flexibility index (Phi) is 3.34. The average Bonchev–Trinajstić information content (AvgIpc) is 2.25. The smallest absolute Gasteiger partial charge is 0.391 e. The molecular weight excluding hydrogens is 241 g/mol. The van der Waals surface area contributed by atoms with E-state index in [1.165, 1.54) is 6.07 Å². The molecule has 1 N–H and O–H groups in total. The Balaban J connectivity index is 3.67. The van der Waals surface area contributed by atoms with Gasteiger partial charge in [0.15, 0.2) is 0 Å². The number of nitrogens with zero attached hydrogens (tertiary/aromatic N) is 2. The number of hydrogen-bond donors (Lipinski definition) is 1. The fraction of sp³-hybridized carbons (Fsp3) is 0.222. The van der Waals surface area contributed by atoms with E-state index in [0.29, 0.717) is 6.07 Å². The first kappa shape index (κ1) is 12.9. The van der Waals surface area contributed by atoms with E-state index in [2.05, 4.69) is 0 Å². The molecule has 8 heteroatoms. The van der Waals surface area contributed by atoms with Crippen LogP contribution in [0, 0.1) is 21.4 Å². The summed E-state index contributed by atoms with van der Waals surface area (Å²) in [6, 6.07) is 2.74. The predicted molar refractivity (Wildman–Crippen MR) is 48.7 cm³/mol. The van der Waals surface area contributed by atoms with Crippen LogP contribution in [0.4, 0.5) is 18.9 Å². The van der Waals surface area contributed by atoms with Crippen molar-refractivity contribution in [2.45, 2.75) is 12.8 Å². The van der Waals surface area contributed by atoms with Gasteiger partial charge in [0, 0.05) is 0 Å². The monoisotopic (exact) mass is 246 g/mol. The van der Waals surface area contributed by atoms with Crippen molar-refractivity contribution in [3.63, 3.8) is 0 Å². The number of hydrogen-bond acceptors (Lipinski definition) is 4. The Morgan fingerprint density at radius 3 is 2.41 bits per heavy atom. The number of alkyl halides is 3. The van der Waals surface area contributed by atoms with Gasteiger partial charge in [-0.25, -0.2) is 0 Å². The molecule has 0 unspecified atom stereocenters.